The fourth-order valence-corrected chi connectivity index (χ4v) is 2.06. The third-order valence-electron chi connectivity index (χ3n) is 2.98. The van der Waals surface area contributed by atoms with Crippen molar-refractivity contribution in [3.63, 3.8) is 0 Å². The van der Waals surface area contributed by atoms with Gasteiger partial charge in [-0.3, -0.25) is 4.79 Å². The second-order valence-corrected chi connectivity index (χ2v) is 4.97. The van der Waals surface area contributed by atoms with Gasteiger partial charge < -0.3 is 4.74 Å². The van der Waals surface area contributed by atoms with Crippen molar-refractivity contribution >= 4 is 5.97 Å². The predicted octanol–water partition coefficient (Wildman–Crippen LogP) is 2.93. The molecule has 0 amide bonds. The zero-order valence-electron chi connectivity index (χ0n) is 9.81. The molecule has 0 aliphatic heterocycles. The highest BCUT2D eigenvalue weighted by molar-refractivity contribution is 5.84. The summed E-state index contributed by atoms with van der Waals surface area (Å²) in [5, 5.41) is 0. The van der Waals surface area contributed by atoms with Crippen LogP contribution in [0.1, 0.15) is 41.0 Å². The van der Waals surface area contributed by atoms with Gasteiger partial charge >= 0.3 is 5.97 Å². The first-order valence-corrected chi connectivity index (χ1v) is 5.19. The average Bonchev–Trinajstić information content (AvgIpc) is 2.53. The van der Waals surface area contributed by atoms with Gasteiger partial charge in [0.1, 0.15) is 0 Å². The van der Waals surface area contributed by atoms with Crippen molar-refractivity contribution in [3.8, 4) is 0 Å². The summed E-state index contributed by atoms with van der Waals surface area (Å²) in [6.45, 7) is 10.6. The number of hydrogen-bond acceptors (Lipinski definition) is 2. The Balaban J connectivity index is 2.88. The molecule has 0 radical (unpaired) electrons. The first kappa shape index (κ1) is 11.3. The minimum atomic E-state index is -0.345. The van der Waals surface area contributed by atoms with Crippen molar-refractivity contribution in [2.75, 3.05) is 6.61 Å². The Hall–Kier alpha value is -0.790. The Labute approximate surface area is 86.3 Å². The molecule has 80 valence electrons. The molecule has 0 spiro atoms. The van der Waals surface area contributed by atoms with Gasteiger partial charge in [-0.1, -0.05) is 25.5 Å². The van der Waals surface area contributed by atoms with E-state index in [2.05, 4.69) is 19.9 Å². The molecule has 0 aromatic carbocycles. The number of carbonyl (C=O) groups is 1. The minimum Gasteiger partial charge on any atom is -0.465 e. The SMILES string of the molecule is CCOC(=O)[C@]1(C=C(C)C)CC1(C)C. The smallest absolute Gasteiger partial charge is 0.316 e. The molecule has 1 aliphatic rings. The largest absolute Gasteiger partial charge is 0.465 e. The lowest BCUT2D eigenvalue weighted by molar-refractivity contribution is -0.148. The number of ether oxygens (including phenoxy) is 1. The Bertz CT molecular complexity index is 272. The van der Waals surface area contributed by atoms with E-state index in [1.165, 1.54) is 5.57 Å². The quantitative estimate of drug-likeness (QED) is 0.512. The van der Waals surface area contributed by atoms with E-state index < -0.39 is 0 Å². The molecule has 0 aromatic rings. The molecule has 1 fully saturated rings. The lowest BCUT2D eigenvalue weighted by Gasteiger charge is -2.15. The van der Waals surface area contributed by atoms with E-state index in [1.807, 2.05) is 20.8 Å². The highest BCUT2D eigenvalue weighted by Gasteiger charge is 2.65. The molecule has 14 heavy (non-hydrogen) atoms. The van der Waals surface area contributed by atoms with Crippen LogP contribution in [0.5, 0.6) is 0 Å². The van der Waals surface area contributed by atoms with Gasteiger partial charge in [0.15, 0.2) is 0 Å². The molecule has 0 N–H and O–H groups in total. The van der Waals surface area contributed by atoms with E-state index in [1.54, 1.807) is 0 Å². The van der Waals surface area contributed by atoms with Crippen LogP contribution in [-0.2, 0) is 9.53 Å². The fourth-order valence-electron chi connectivity index (χ4n) is 2.06. The molecule has 2 nitrogen and oxygen atoms in total. The molecule has 2 heteroatoms. The number of allylic oxidation sites excluding steroid dienone is 1. The Kier molecular flexibility index (Phi) is 2.75. The third-order valence-corrected chi connectivity index (χ3v) is 2.98. The van der Waals surface area contributed by atoms with Crippen molar-refractivity contribution in [3.05, 3.63) is 11.6 Å². The summed E-state index contributed by atoms with van der Waals surface area (Å²) >= 11 is 0. The van der Waals surface area contributed by atoms with Gasteiger partial charge in [0.2, 0.25) is 0 Å². The van der Waals surface area contributed by atoms with Crippen LogP contribution in [0.3, 0.4) is 0 Å². The standard InChI is InChI=1S/C12H20O2/c1-6-14-10(13)12(7-9(2)3)8-11(12,4)5/h7H,6,8H2,1-5H3/t12-/m0/s1. The second-order valence-electron chi connectivity index (χ2n) is 4.97. The summed E-state index contributed by atoms with van der Waals surface area (Å²) in [5.41, 5.74) is 0.905. The first-order chi connectivity index (χ1) is 6.35. The third kappa shape index (κ3) is 1.70. The van der Waals surface area contributed by atoms with Crippen molar-refractivity contribution in [1.29, 1.82) is 0 Å². The molecule has 0 heterocycles. The molecular formula is C12H20O2. The van der Waals surface area contributed by atoms with Crippen molar-refractivity contribution in [2.45, 2.75) is 41.0 Å². The molecule has 1 rings (SSSR count). The summed E-state index contributed by atoms with van der Waals surface area (Å²) in [6.07, 6.45) is 2.97. The molecule has 1 aliphatic carbocycles. The fraction of sp³-hybridized carbons (Fsp3) is 0.750. The summed E-state index contributed by atoms with van der Waals surface area (Å²) in [5.74, 6) is -0.0637. The minimum absolute atomic E-state index is 0.0637. The van der Waals surface area contributed by atoms with E-state index >= 15 is 0 Å². The van der Waals surface area contributed by atoms with Gasteiger partial charge in [-0.25, -0.2) is 0 Å². The van der Waals surface area contributed by atoms with Crippen molar-refractivity contribution in [1.82, 2.24) is 0 Å². The molecule has 0 bridgehead atoms. The van der Waals surface area contributed by atoms with Gasteiger partial charge in [-0.2, -0.15) is 0 Å². The highest BCUT2D eigenvalue weighted by atomic mass is 16.5. The monoisotopic (exact) mass is 196 g/mol. The normalized spacial score (nSPS) is 28.1. The summed E-state index contributed by atoms with van der Waals surface area (Å²) in [7, 11) is 0. The first-order valence-electron chi connectivity index (χ1n) is 5.19. The predicted molar refractivity (Wildman–Crippen MR) is 56.9 cm³/mol. The lowest BCUT2D eigenvalue weighted by atomic mass is 9.94. The Morgan fingerprint density at radius 1 is 1.43 bits per heavy atom. The van der Waals surface area contributed by atoms with Crippen LogP contribution in [0.15, 0.2) is 11.6 Å². The van der Waals surface area contributed by atoms with Gasteiger partial charge in [0, 0.05) is 0 Å². The van der Waals surface area contributed by atoms with Crippen LogP contribution in [0.25, 0.3) is 0 Å². The summed E-state index contributed by atoms with van der Waals surface area (Å²) in [6, 6.07) is 0. The lowest BCUT2D eigenvalue weighted by Crippen LogP contribution is -2.22. The molecule has 0 saturated heterocycles. The van der Waals surface area contributed by atoms with Crippen molar-refractivity contribution < 1.29 is 9.53 Å². The van der Waals surface area contributed by atoms with E-state index in [4.69, 9.17) is 4.74 Å². The molecule has 0 aromatic heterocycles. The van der Waals surface area contributed by atoms with E-state index in [-0.39, 0.29) is 16.8 Å². The number of hydrogen-bond donors (Lipinski definition) is 0. The van der Waals surface area contributed by atoms with Crippen LogP contribution in [0, 0.1) is 10.8 Å². The van der Waals surface area contributed by atoms with E-state index in [9.17, 15) is 4.79 Å². The van der Waals surface area contributed by atoms with E-state index in [0.29, 0.717) is 6.61 Å². The van der Waals surface area contributed by atoms with Gasteiger partial charge in [0.25, 0.3) is 0 Å². The maximum Gasteiger partial charge on any atom is 0.316 e. The van der Waals surface area contributed by atoms with Crippen molar-refractivity contribution in [2.24, 2.45) is 10.8 Å². The number of esters is 1. The zero-order valence-corrected chi connectivity index (χ0v) is 9.81. The zero-order chi connectivity index (χ0) is 11.0. The number of rotatable bonds is 3. The van der Waals surface area contributed by atoms with Gasteiger partial charge in [-0.15, -0.1) is 0 Å². The molecule has 0 unspecified atom stereocenters. The van der Waals surface area contributed by atoms with Crippen LogP contribution in [0.2, 0.25) is 0 Å². The van der Waals surface area contributed by atoms with Gasteiger partial charge in [0.05, 0.1) is 12.0 Å². The van der Waals surface area contributed by atoms with Crippen LogP contribution < -0.4 is 0 Å². The van der Waals surface area contributed by atoms with E-state index in [0.717, 1.165) is 6.42 Å². The second kappa shape index (κ2) is 3.41. The topological polar surface area (TPSA) is 26.3 Å². The van der Waals surface area contributed by atoms with Crippen LogP contribution >= 0.6 is 0 Å². The summed E-state index contributed by atoms with van der Waals surface area (Å²) in [4.78, 5) is 11.8. The molecular weight excluding hydrogens is 176 g/mol. The maximum absolute atomic E-state index is 11.8. The maximum atomic E-state index is 11.8. The average molecular weight is 196 g/mol. The van der Waals surface area contributed by atoms with Crippen LogP contribution in [-0.4, -0.2) is 12.6 Å². The highest BCUT2D eigenvalue weighted by Crippen LogP contribution is 2.65. The Morgan fingerprint density at radius 3 is 2.21 bits per heavy atom. The summed E-state index contributed by atoms with van der Waals surface area (Å²) < 4.78 is 5.12. The molecule has 1 saturated carbocycles. The van der Waals surface area contributed by atoms with Crippen LogP contribution in [0.4, 0.5) is 0 Å². The van der Waals surface area contributed by atoms with Gasteiger partial charge in [-0.05, 0) is 32.6 Å². The Morgan fingerprint density at radius 2 is 1.93 bits per heavy atom. The number of carbonyl (C=O) groups excluding carboxylic acids is 1. The molecule has 1 atom stereocenters.